The minimum absolute atomic E-state index is 0. The Bertz CT molecular complexity index is 229. The van der Waals surface area contributed by atoms with Gasteiger partial charge in [0.25, 0.3) is 0 Å². The molecular weight excluding hydrogens is 304 g/mol. The molecule has 0 saturated heterocycles. The number of carboxylic acid groups (broad SMARTS) is 2. The standard InChI is InChI=1S/C6H18N4.C4H4O4.4H2O/c7-1-3-9-5-6-10-4-2-8;5-3(6)1-2-4(7)8;;;;/h9-10H,1-8H2;1-2H,(H,5,6)(H,7,8);4*1H2. The van der Waals surface area contributed by atoms with E-state index in [1.807, 2.05) is 0 Å². The third-order valence-corrected chi connectivity index (χ3v) is 1.49. The van der Waals surface area contributed by atoms with Crippen LogP contribution in [0.5, 0.6) is 0 Å². The summed E-state index contributed by atoms with van der Waals surface area (Å²) in [5.74, 6) is -2.51. The van der Waals surface area contributed by atoms with Crippen molar-refractivity contribution in [3.05, 3.63) is 12.2 Å². The molecular formula is C10H30N4O8. The van der Waals surface area contributed by atoms with E-state index in [2.05, 4.69) is 10.6 Å². The third-order valence-electron chi connectivity index (χ3n) is 1.49. The Balaban J connectivity index is -0.0000000500. The van der Waals surface area contributed by atoms with Crippen LogP contribution in [-0.2, 0) is 9.59 Å². The molecule has 16 N–H and O–H groups in total. The van der Waals surface area contributed by atoms with Gasteiger partial charge in [0.1, 0.15) is 0 Å². The predicted molar refractivity (Wildman–Crippen MR) is 82.7 cm³/mol. The fraction of sp³-hybridized carbons (Fsp3) is 0.600. The molecule has 0 spiro atoms. The van der Waals surface area contributed by atoms with Crippen LogP contribution in [0.25, 0.3) is 0 Å². The van der Waals surface area contributed by atoms with Crippen LogP contribution in [-0.4, -0.2) is 83.3 Å². The summed E-state index contributed by atoms with van der Waals surface area (Å²) in [7, 11) is 0. The quantitative estimate of drug-likeness (QED) is 0.174. The molecule has 0 unspecified atom stereocenters. The van der Waals surface area contributed by atoms with Crippen LogP contribution in [0, 0.1) is 0 Å². The van der Waals surface area contributed by atoms with E-state index in [0.717, 1.165) is 26.2 Å². The summed E-state index contributed by atoms with van der Waals surface area (Å²) in [6.07, 6.45) is 1.12. The van der Waals surface area contributed by atoms with Crippen molar-refractivity contribution in [2.24, 2.45) is 11.5 Å². The summed E-state index contributed by atoms with van der Waals surface area (Å²) in [6, 6.07) is 0. The van der Waals surface area contributed by atoms with Gasteiger partial charge in [-0.2, -0.15) is 0 Å². The largest absolute Gasteiger partial charge is 0.478 e. The van der Waals surface area contributed by atoms with Crippen LogP contribution >= 0.6 is 0 Å². The lowest BCUT2D eigenvalue weighted by atomic mass is 10.5. The van der Waals surface area contributed by atoms with Gasteiger partial charge in [-0.3, -0.25) is 0 Å². The van der Waals surface area contributed by atoms with E-state index in [-0.39, 0.29) is 21.9 Å². The van der Waals surface area contributed by atoms with E-state index in [0.29, 0.717) is 25.2 Å². The first kappa shape index (κ1) is 37.0. The summed E-state index contributed by atoms with van der Waals surface area (Å²) < 4.78 is 0. The average Bonchev–Trinajstić information content (AvgIpc) is 2.32. The Morgan fingerprint density at radius 2 is 1.00 bits per heavy atom. The molecule has 0 heterocycles. The number of carboxylic acids is 2. The number of hydrogen-bond donors (Lipinski definition) is 6. The monoisotopic (exact) mass is 334 g/mol. The summed E-state index contributed by atoms with van der Waals surface area (Å²) >= 11 is 0. The van der Waals surface area contributed by atoms with Crippen molar-refractivity contribution in [2.45, 2.75) is 0 Å². The Morgan fingerprint density at radius 1 is 0.727 bits per heavy atom. The van der Waals surface area contributed by atoms with Crippen LogP contribution in [0.15, 0.2) is 12.2 Å². The maximum absolute atomic E-state index is 9.55. The molecule has 0 bridgehead atoms. The van der Waals surface area contributed by atoms with Gasteiger partial charge in [-0.25, -0.2) is 9.59 Å². The van der Waals surface area contributed by atoms with Crippen LogP contribution < -0.4 is 22.1 Å². The number of hydrogen-bond acceptors (Lipinski definition) is 6. The molecule has 0 fully saturated rings. The summed E-state index contributed by atoms with van der Waals surface area (Å²) in [4.78, 5) is 19.1. The second-order valence-corrected chi connectivity index (χ2v) is 3.09. The second kappa shape index (κ2) is 31.6. The molecule has 12 nitrogen and oxygen atoms in total. The van der Waals surface area contributed by atoms with Crippen LogP contribution in [0.3, 0.4) is 0 Å². The van der Waals surface area contributed by atoms with Gasteiger partial charge in [0, 0.05) is 51.4 Å². The fourth-order valence-electron chi connectivity index (χ4n) is 0.773. The maximum atomic E-state index is 9.55. The second-order valence-electron chi connectivity index (χ2n) is 3.09. The molecule has 0 aliphatic rings. The molecule has 0 aliphatic heterocycles. The van der Waals surface area contributed by atoms with E-state index in [9.17, 15) is 9.59 Å². The number of carbonyl (C=O) groups is 2. The highest BCUT2D eigenvalue weighted by Gasteiger charge is 1.88. The van der Waals surface area contributed by atoms with Gasteiger partial charge in [0.15, 0.2) is 0 Å². The molecule has 0 atom stereocenters. The van der Waals surface area contributed by atoms with E-state index < -0.39 is 11.9 Å². The Morgan fingerprint density at radius 3 is 1.18 bits per heavy atom. The van der Waals surface area contributed by atoms with E-state index in [1.54, 1.807) is 0 Å². The summed E-state index contributed by atoms with van der Waals surface area (Å²) in [5.41, 5.74) is 10.5. The van der Waals surface area contributed by atoms with Crippen molar-refractivity contribution in [2.75, 3.05) is 39.3 Å². The van der Waals surface area contributed by atoms with Gasteiger partial charge in [-0.05, 0) is 0 Å². The fourth-order valence-corrected chi connectivity index (χ4v) is 0.773. The predicted octanol–water partition coefficient (Wildman–Crippen LogP) is -5.50. The van der Waals surface area contributed by atoms with Gasteiger partial charge in [-0.15, -0.1) is 0 Å². The van der Waals surface area contributed by atoms with Crippen molar-refractivity contribution in [1.29, 1.82) is 0 Å². The van der Waals surface area contributed by atoms with Gasteiger partial charge in [0.2, 0.25) is 0 Å². The zero-order valence-corrected chi connectivity index (χ0v) is 12.3. The van der Waals surface area contributed by atoms with Crippen LogP contribution in [0.4, 0.5) is 0 Å². The maximum Gasteiger partial charge on any atom is 0.328 e. The molecule has 0 amide bonds. The number of nitrogens with one attached hydrogen (secondary N) is 2. The highest BCUT2D eigenvalue weighted by Crippen LogP contribution is 1.70. The molecule has 0 radical (unpaired) electrons. The molecule has 0 saturated carbocycles. The molecule has 0 rings (SSSR count). The van der Waals surface area contributed by atoms with Crippen molar-refractivity contribution in [3.8, 4) is 0 Å². The molecule has 0 aromatic rings. The first-order valence-corrected chi connectivity index (χ1v) is 5.50. The Labute approximate surface area is 128 Å². The van der Waals surface area contributed by atoms with Crippen LogP contribution in [0.1, 0.15) is 0 Å². The number of rotatable bonds is 9. The molecule has 0 aromatic heterocycles. The first-order chi connectivity index (χ1) is 8.54. The molecule has 22 heavy (non-hydrogen) atoms. The smallest absolute Gasteiger partial charge is 0.328 e. The zero-order valence-electron chi connectivity index (χ0n) is 12.3. The highest BCUT2D eigenvalue weighted by atomic mass is 16.4. The topological polar surface area (TPSA) is 277 Å². The van der Waals surface area contributed by atoms with Gasteiger partial charge >= 0.3 is 11.9 Å². The molecule has 12 heteroatoms. The van der Waals surface area contributed by atoms with Gasteiger partial charge < -0.3 is 54.2 Å². The minimum atomic E-state index is -1.26. The molecule has 0 aliphatic carbocycles. The zero-order chi connectivity index (χ0) is 14.2. The van der Waals surface area contributed by atoms with Crippen molar-refractivity contribution in [1.82, 2.24) is 10.6 Å². The molecule has 138 valence electrons. The van der Waals surface area contributed by atoms with Gasteiger partial charge in [-0.1, -0.05) is 0 Å². The van der Waals surface area contributed by atoms with Crippen molar-refractivity contribution < 1.29 is 41.7 Å². The summed E-state index contributed by atoms with van der Waals surface area (Å²) in [6.45, 7) is 5.14. The van der Waals surface area contributed by atoms with Gasteiger partial charge in [0.05, 0.1) is 0 Å². The number of aliphatic carboxylic acids is 2. The first-order valence-electron chi connectivity index (χ1n) is 5.50. The summed E-state index contributed by atoms with van der Waals surface area (Å²) in [5, 5.41) is 22.0. The third kappa shape index (κ3) is 51.6. The highest BCUT2D eigenvalue weighted by molar-refractivity contribution is 5.89. The normalized spacial score (nSPS) is 8.09. The van der Waals surface area contributed by atoms with E-state index in [4.69, 9.17) is 21.7 Å². The van der Waals surface area contributed by atoms with E-state index >= 15 is 0 Å². The Hall–Kier alpha value is -1.64. The minimum Gasteiger partial charge on any atom is -0.478 e. The molecule has 0 aromatic carbocycles. The van der Waals surface area contributed by atoms with Crippen molar-refractivity contribution in [3.63, 3.8) is 0 Å². The van der Waals surface area contributed by atoms with Crippen molar-refractivity contribution >= 4 is 11.9 Å². The lowest BCUT2D eigenvalue weighted by Crippen LogP contribution is -2.32. The van der Waals surface area contributed by atoms with E-state index in [1.165, 1.54) is 0 Å². The SMILES string of the molecule is NCCNCCNCCN.O.O.O.O.O=C(O)C=CC(=O)O. The lowest BCUT2D eigenvalue weighted by molar-refractivity contribution is -0.134. The Kier molecular flexibility index (Phi) is 53.2. The lowest BCUT2D eigenvalue weighted by Gasteiger charge is -2.03. The number of nitrogens with two attached hydrogens (primary N) is 2. The van der Waals surface area contributed by atoms with Crippen LogP contribution in [0.2, 0.25) is 0 Å². The average molecular weight is 334 g/mol.